The maximum absolute atomic E-state index is 13.2. The summed E-state index contributed by atoms with van der Waals surface area (Å²) < 4.78 is 57.9. The second kappa shape index (κ2) is 7.25. The predicted molar refractivity (Wildman–Crippen MR) is 95.9 cm³/mol. The maximum atomic E-state index is 13.2. The van der Waals surface area contributed by atoms with Crippen molar-refractivity contribution in [1.29, 1.82) is 0 Å². The molecule has 0 aliphatic carbocycles. The van der Waals surface area contributed by atoms with Gasteiger partial charge in [0.2, 0.25) is 5.91 Å². The minimum atomic E-state index is -4.57. The Morgan fingerprint density at radius 1 is 1.10 bits per heavy atom. The molecule has 1 atom stereocenters. The Balaban J connectivity index is 1.59. The van der Waals surface area contributed by atoms with Crippen LogP contribution in [0.2, 0.25) is 0 Å². The number of alkyl halides is 3. The summed E-state index contributed by atoms with van der Waals surface area (Å²) in [4.78, 5) is 23.2. The molecule has 2 saturated heterocycles. The molecule has 2 aromatic rings. The fourth-order valence-electron chi connectivity index (χ4n) is 3.82. The highest BCUT2D eigenvalue weighted by Crippen LogP contribution is 2.38. The Labute approximate surface area is 164 Å². The van der Waals surface area contributed by atoms with Gasteiger partial charge in [0, 0.05) is 43.2 Å². The molecule has 0 N–H and O–H groups in total. The van der Waals surface area contributed by atoms with Crippen LogP contribution in [-0.2, 0) is 15.7 Å². The molecule has 154 valence electrons. The van der Waals surface area contributed by atoms with Crippen molar-refractivity contribution >= 4 is 17.4 Å². The lowest BCUT2D eigenvalue weighted by Gasteiger charge is -2.32. The normalized spacial score (nSPS) is 23.0. The van der Waals surface area contributed by atoms with Crippen molar-refractivity contribution in [1.82, 2.24) is 9.97 Å². The number of rotatable bonds is 2. The van der Waals surface area contributed by atoms with Gasteiger partial charge >= 0.3 is 6.18 Å². The summed E-state index contributed by atoms with van der Waals surface area (Å²) in [5, 5.41) is 0. The van der Waals surface area contributed by atoms with Gasteiger partial charge in [-0.15, -0.1) is 0 Å². The molecule has 0 radical (unpaired) electrons. The lowest BCUT2D eigenvalue weighted by Crippen LogP contribution is -2.41. The molecular weight excluding hydrogens is 392 g/mol. The van der Waals surface area contributed by atoms with E-state index in [0.29, 0.717) is 38.5 Å². The number of nitrogens with zero attached hydrogens (tertiary/aromatic N) is 4. The largest absolute Gasteiger partial charge is 0.433 e. The van der Waals surface area contributed by atoms with E-state index in [1.807, 2.05) is 0 Å². The van der Waals surface area contributed by atoms with Crippen LogP contribution < -0.4 is 9.80 Å². The first-order valence-corrected chi connectivity index (χ1v) is 9.04. The van der Waals surface area contributed by atoms with Crippen LogP contribution >= 0.6 is 0 Å². The van der Waals surface area contributed by atoms with E-state index in [2.05, 4.69) is 9.97 Å². The molecule has 3 heterocycles. The molecule has 2 aliphatic heterocycles. The number of amides is 1. The molecule has 1 aromatic carbocycles. The number of aromatic nitrogens is 2. The molecular formula is C19H18F4N4O2. The van der Waals surface area contributed by atoms with Crippen molar-refractivity contribution in [3.05, 3.63) is 48.2 Å². The summed E-state index contributed by atoms with van der Waals surface area (Å²) >= 11 is 0. The lowest BCUT2D eigenvalue weighted by molar-refractivity contribution is -0.141. The molecule has 6 nitrogen and oxygen atoms in total. The number of carbonyl (C=O) groups excluding carboxylic acids is 1. The topological polar surface area (TPSA) is 58.6 Å². The SMILES string of the molecule is O=C1C[C@@]2(COCCN(c3cc(C(F)(F)F)ncn3)C2)CN1c1ccc(F)cc1. The summed E-state index contributed by atoms with van der Waals surface area (Å²) in [7, 11) is 0. The first-order valence-electron chi connectivity index (χ1n) is 9.04. The second-order valence-corrected chi connectivity index (χ2v) is 7.37. The third-order valence-corrected chi connectivity index (χ3v) is 5.17. The molecule has 1 aromatic heterocycles. The standard InChI is InChI=1S/C19H18F4N4O2/c20-13-1-3-14(4-2-13)27-10-18(8-17(27)28)9-26(5-6-29-11-18)16-7-15(19(21,22)23)24-12-25-16/h1-4,7,12H,5-6,8-11H2/t18-/m0/s1. The van der Waals surface area contributed by atoms with E-state index in [9.17, 15) is 22.4 Å². The van der Waals surface area contributed by atoms with E-state index >= 15 is 0 Å². The number of hydrogen-bond acceptors (Lipinski definition) is 5. The van der Waals surface area contributed by atoms with E-state index < -0.39 is 23.1 Å². The Morgan fingerprint density at radius 2 is 1.86 bits per heavy atom. The molecule has 0 saturated carbocycles. The average Bonchev–Trinajstić information content (AvgIpc) is 2.86. The van der Waals surface area contributed by atoms with Crippen molar-refractivity contribution in [2.24, 2.45) is 5.41 Å². The predicted octanol–water partition coefficient (Wildman–Crippen LogP) is 2.89. The van der Waals surface area contributed by atoms with Gasteiger partial charge in [-0.2, -0.15) is 13.2 Å². The first-order chi connectivity index (χ1) is 13.8. The molecule has 1 amide bonds. The van der Waals surface area contributed by atoms with Gasteiger partial charge in [-0.05, 0) is 24.3 Å². The van der Waals surface area contributed by atoms with Gasteiger partial charge in [-0.1, -0.05) is 0 Å². The third kappa shape index (κ3) is 4.02. The maximum Gasteiger partial charge on any atom is 0.433 e. The number of ether oxygens (including phenoxy) is 1. The summed E-state index contributed by atoms with van der Waals surface area (Å²) in [6, 6.07) is 6.53. The fourth-order valence-corrected chi connectivity index (χ4v) is 3.82. The van der Waals surface area contributed by atoms with Crippen molar-refractivity contribution < 1.29 is 27.1 Å². The number of anilines is 2. The highest BCUT2D eigenvalue weighted by atomic mass is 19.4. The minimum absolute atomic E-state index is 0.138. The average molecular weight is 410 g/mol. The van der Waals surface area contributed by atoms with Gasteiger partial charge in [0.1, 0.15) is 23.7 Å². The van der Waals surface area contributed by atoms with Crippen LogP contribution in [0.1, 0.15) is 12.1 Å². The zero-order valence-electron chi connectivity index (χ0n) is 15.3. The van der Waals surface area contributed by atoms with Gasteiger partial charge in [-0.3, -0.25) is 4.79 Å². The Hall–Kier alpha value is -2.75. The molecule has 2 fully saturated rings. The molecule has 1 spiro atoms. The number of benzene rings is 1. The zero-order chi connectivity index (χ0) is 20.6. The monoisotopic (exact) mass is 410 g/mol. The minimum Gasteiger partial charge on any atom is -0.379 e. The second-order valence-electron chi connectivity index (χ2n) is 7.37. The first kappa shape index (κ1) is 19.6. The fraction of sp³-hybridized carbons (Fsp3) is 0.421. The Kier molecular flexibility index (Phi) is 4.89. The van der Waals surface area contributed by atoms with Gasteiger partial charge in [0.15, 0.2) is 0 Å². The van der Waals surface area contributed by atoms with Crippen LogP contribution in [0, 0.1) is 11.2 Å². The van der Waals surface area contributed by atoms with Crippen LogP contribution in [0.25, 0.3) is 0 Å². The number of halogens is 4. The molecule has 0 bridgehead atoms. The Morgan fingerprint density at radius 3 is 2.59 bits per heavy atom. The summed E-state index contributed by atoms with van der Waals surface area (Å²) in [5.41, 5.74) is -1.05. The molecule has 10 heteroatoms. The van der Waals surface area contributed by atoms with Crippen molar-refractivity contribution in [2.75, 3.05) is 42.6 Å². The van der Waals surface area contributed by atoms with Crippen LogP contribution in [0.15, 0.2) is 36.7 Å². The van der Waals surface area contributed by atoms with Gasteiger partial charge in [0.25, 0.3) is 0 Å². The quantitative estimate of drug-likeness (QED) is 0.713. The van der Waals surface area contributed by atoms with Crippen LogP contribution in [0.5, 0.6) is 0 Å². The molecule has 0 unspecified atom stereocenters. The van der Waals surface area contributed by atoms with Crippen molar-refractivity contribution in [2.45, 2.75) is 12.6 Å². The van der Waals surface area contributed by atoms with E-state index in [1.165, 1.54) is 24.3 Å². The highest BCUT2D eigenvalue weighted by molar-refractivity contribution is 5.96. The molecule has 2 aliphatic rings. The van der Waals surface area contributed by atoms with Gasteiger partial charge < -0.3 is 14.5 Å². The van der Waals surface area contributed by atoms with Gasteiger partial charge in [0.05, 0.1) is 13.2 Å². The summed E-state index contributed by atoms with van der Waals surface area (Å²) in [6.07, 6.45) is -3.50. The molecule has 29 heavy (non-hydrogen) atoms. The number of carbonyl (C=O) groups is 1. The van der Waals surface area contributed by atoms with Gasteiger partial charge in [-0.25, -0.2) is 14.4 Å². The van der Waals surface area contributed by atoms with E-state index in [4.69, 9.17) is 4.74 Å². The highest BCUT2D eigenvalue weighted by Gasteiger charge is 2.46. The van der Waals surface area contributed by atoms with E-state index in [1.54, 1.807) is 9.80 Å². The van der Waals surface area contributed by atoms with E-state index in [-0.39, 0.29) is 18.1 Å². The zero-order valence-corrected chi connectivity index (χ0v) is 15.3. The van der Waals surface area contributed by atoms with Crippen LogP contribution in [0.3, 0.4) is 0 Å². The summed E-state index contributed by atoms with van der Waals surface area (Å²) in [6.45, 7) is 1.58. The van der Waals surface area contributed by atoms with Crippen molar-refractivity contribution in [3.8, 4) is 0 Å². The summed E-state index contributed by atoms with van der Waals surface area (Å²) in [5.74, 6) is -0.395. The van der Waals surface area contributed by atoms with Crippen molar-refractivity contribution in [3.63, 3.8) is 0 Å². The Bertz CT molecular complexity index is 906. The van der Waals surface area contributed by atoms with Crippen LogP contribution in [-0.4, -0.2) is 48.7 Å². The molecule has 4 rings (SSSR count). The van der Waals surface area contributed by atoms with E-state index in [0.717, 1.165) is 12.4 Å². The smallest absolute Gasteiger partial charge is 0.379 e. The lowest BCUT2D eigenvalue weighted by atomic mass is 9.87. The number of hydrogen-bond donors (Lipinski definition) is 0. The third-order valence-electron chi connectivity index (χ3n) is 5.17. The van der Waals surface area contributed by atoms with Crippen LogP contribution in [0.4, 0.5) is 29.1 Å².